The second-order valence-electron chi connectivity index (χ2n) is 4.55. The van der Waals surface area contributed by atoms with E-state index >= 15 is 0 Å². The second kappa shape index (κ2) is 9.23. The molecule has 0 saturated heterocycles. The van der Waals surface area contributed by atoms with Crippen LogP contribution in [0.15, 0.2) is 29.4 Å². The lowest BCUT2D eigenvalue weighted by Crippen LogP contribution is -2.25. The Labute approximate surface area is 139 Å². The van der Waals surface area contributed by atoms with Gasteiger partial charge in [0.1, 0.15) is 0 Å². The summed E-state index contributed by atoms with van der Waals surface area (Å²) in [6, 6.07) is 5.59. The van der Waals surface area contributed by atoms with E-state index in [1.54, 1.807) is 20.9 Å². The molecule has 9 nitrogen and oxygen atoms in total. The number of nitro groups is 1. The van der Waals surface area contributed by atoms with Crippen LogP contribution in [0.1, 0.15) is 20.3 Å². The van der Waals surface area contributed by atoms with E-state index in [0.717, 1.165) is 0 Å². The molecule has 0 amide bonds. The predicted molar refractivity (Wildman–Crippen MR) is 86.8 cm³/mol. The van der Waals surface area contributed by atoms with Gasteiger partial charge in [-0.05, 0) is 26.0 Å². The van der Waals surface area contributed by atoms with Crippen molar-refractivity contribution >= 4 is 29.0 Å². The number of hydrazone groups is 1. The minimum absolute atomic E-state index is 0.0618. The number of anilines is 1. The number of ether oxygens (including phenoxy) is 2. The zero-order valence-electron chi connectivity index (χ0n) is 13.7. The van der Waals surface area contributed by atoms with Crippen LogP contribution in [0.4, 0.5) is 11.4 Å². The zero-order valence-corrected chi connectivity index (χ0v) is 13.7. The van der Waals surface area contributed by atoms with Crippen LogP contribution >= 0.6 is 0 Å². The summed E-state index contributed by atoms with van der Waals surface area (Å²) in [7, 11) is 1.55. The summed E-state index contributed by atoms with van der Waals surface area (Å²) in [5.74, 6) is -1.32. The van der Waals surface area contributed by atoms with Crippen molar-refractivity contribution in [3.8, 4) is 0 Å². The van der Waals surface area contributed by atoms with Gasteiger partial charge in [0.2, 0.25) is 0 Å². The normalized spacial score (nSPS) is 10.9. The van der Waals surface area contributed by atoms with Crippen LogP contribution in [-0.4, -0.2) is 42.8 Å². The smallest absolute Gasteiger partial charge is 0.355 e. The van der Waals surface area contributed by atoms with Gasteiger partial charge in [-0.2, -0.15) is 5.10 Å². The monoisotopic (exact) mass is 337 g/mol. The fraction of sp³-hybridized carbons (Fsp3) is 0.400. The topological polar surface area (TPSA) is 111 Å². The molecule has 1 rings (SSSR count). The quantitative estimate of drug-likeness (QED) is 0.308. The van der Waals surface area contributed by atoms with Crippen molar-refractivity contribution in [1.82, 2.24) is 0 Å². The highest BCUT2D eigenvalue weighted by Crippen LogP contribution is 2.18. The van der Waals surface area contributed by atoms with Crippen LogP contribution in [0, 0.1) is 10.1 Å². The lowest BCUT2D eigenvalue weighted by atomic mass is 10.2. The molecule has 0 aliphatic heterocycles. The van der Waals surface area contributed by atoms with Gasteiger partial charge >= 0.3 is 11.9 Å². The van der Waals surface area contributed by atoms with Gasteiger partial charge in [0.15, 0.2) is 5.71 Å². The molecule has 1 aromatic rings. The molecule has 0 aliphatic carbocycles. The summed E-state index contributed by atoms with van der Waals surface area (Å²) in [5, 5.41) is 16.1. The minimum atomic E-state index is -0.723. The van der Waals surface area contributed by atoms with E-state index < -0.39 is 16.9 Å². The largest absolute Gasteiger partial charge is 0.466 e. The van der Waals surface area contributed by atoms with Crippen molar-refractivity contribution in [3.63, 3.8) is 0 Å². The number of carbonyl (C=O) groups is 2. The summed E-state index contributed by atoms with van der Waals surface area (Å²) in [6.07, 6.45) is -0.329. The van der Waals surface area contributed by atoms with Crippen LogP contribution in [0.5, 0.6) is 0 Å². The summed E-state index contributed by atoms with van der Waals surface area (Å²) in [6.45, 7) is 3.62. The van der Waals surface area contributed by atoms with Crippen LogP contribution in [-0.2, 0) is 19.1 Å². The number of benzene rings is 1. The van der Waals surface area contributed by atoms with Crippen LogP contribution in [0.25, 0.3) is 0 Å². The van der Waals surface area contributed by atoms with E-state index in [1.807, 2.05) is 0 Å². The number of hydrogen-bond donors (Lipinski definition) is 0. The molecular formula is C15H19N3O6. The Hall–Kier alpha value is -2.97. The molecule has 0 bridgehead atoms. The fourth-order valence-corrected chi connectivity index (χ4v) is 1.74. The zero-order chi connectivity index (χ0) is 18.1. The molecule has 130 valence electrons. The molecule has 0 heterocycles. The maximum Gasteiger partial charge on any atom is 0.355 e. The average Bonchev–Trinajstić information content (AvgIpc) is 2.54. The van der Waals surface area contributed by atoms with Crippen LogP contribution < -0.4 is 5.01 Å². The number of rotatable bonds is 8. The molecular weight excluding hydrogens is 318 g/mol. The van der Waals surface area contributed by atoms with Crippen molar-refractivity contribution in [3.05, 3.63) is 34.4 Å². The summed E-state index contributed by atoms with van der Waals surface area (Å²) in [5.41, 5.74) is 0.329. The highest BCUT2D eigenvalue weighted by atomic mass is 16.6. The SMILES string of the molecule is CCOC(=O)C/C(=N\N(C)c1ccc([N+](=O)[O-])cc1)C(=O)OCC. The third-order valence-corrected chi connectivity index (χ3v) is 2.83. The maximum absolute atomic E-state index is 11.9. The molecule has 0 aromatic heterocycles. The standard InChI is InChI=1S/C15H19N3O6/c1-4-23-14(19)10-13(15(20)24-5-2)16-17(3)11-6-8-12(9-7-11)18(21)22/h6-9H,4-5,10H2,1-3H3/b16-13+. The third-order valence-electron chi connectivity index (χ3n) is 2.83. The summed E-state index contributed by atoms with van der Waals surface area (Å²) < 4.78 is 9.69. The van der Waals surface area contributed by atoms with Gasteiger partial charge in [-0.15, -0.1) is 0 Å². The maximum atomic E-state index is 11.9. The molecule has 0 N–H and O–H groups in total. The van der Waals surface area contributed by atoms with Gasteiger partial charge in [0.05, 0.1) is 30.2 Å². The molecule has 1 aromatic carbocycles. The van der Waals surface area contributed by atoms with Crippen molar-refractivity contribution in [2.45, 2.75) is 20.3 Å². The molecule has 0 spiro atoms. The van der Waals surface area contributed by atoms with Gasteiger partial charge < -0.3 is 9.47 Å². The van der Waals surface area contributed by atoms with Gasteiger partial charge in [0.25, 0.3) is 5.69 Å². The van der Waals surface area contributed by atoms with E-state index in [4.69, 9.17) is 9.47 Å². The Morgan fingerprint density at radius 1 is 1.17 bits per heavy atom. The Kier molecular flexibility index (Phi) is 7.34. The molecule has 0 atom stereocenters. The minimum Gasteiger partial charge on any atom is -0.466 e. The second-order valence-corrected chi connectivity index (χ2v) is 4.55. The Morgan fingerprint density at radius 2 is 1.75 bits per heavy atom. The molecule has 0 saturated carbocycles. The molecule has 0 aliphatic rings. The summed E-state index contributed by atoms with van der Waals surface area (Å²) >= 11 is 0. The van der Waals surface area contributed by atoms with E-state index in [2.05, 4.69) is 5.10 Å². The predicted octanol–water partition coefficient (Wildman–Crippen LogP) is 1.90. The van der Waals surface area contributed by atoms with Crippen molar-refractivity contribution in [1.29, 1.82) is 0 Å². The number of esters is 2. The Morgan fingerprint density at radius 3 is 2.25 bits per heavy atom. The molecule has 0 fully saturated rings. The number of non-ortho nitro benzene ring substituents is 1. The Balaban J connectivity index is 2.99. The first-order chi connectivity index (χ1) is 11.4. The van der Waals surface area contributed by atoms with Crippen molar-refractivity contribution in [2.75, 3.05) is 25.3 Å². The average molecular weight is 337 g/mol. The first-order valence-electron chi connectivity index (χ1n) is 7.27. The number of carbonyl (C=O) groups excluding carboxylic acids is 2. The fourth-order valence-electron chi connectivity index (χ4n) is 1.74. The molecule has 9 heteroatoms. The third kappa shape index (κ3) is 5.67. The van der Waals surface area contributed by atoms with E-state index in [-0.39, 0.29) is 31.0 Å². The lowest BCUT2D eigenvalue weighted by molar-refractivity contribution is -0.384. The van der Waals surface area contributed by atoms with E-state index in [0.29, 0.717) is 5.69 Å². The highest BCUT2D eigenvalue weighted by molar-refractivity contribution is 6.39. The van der Waals surface area contributed by atoms with E-state index in [1.165, 1.54) is 29.3 Å². The van der Waals surface area contributed by atoms with Crippen molar-refractivity contribution < 1.29 is 24.0 Å². The van der Waals surface area contributed by atoms with Gasteiger partial charge in [0, 0.05) is 19.2 Å². The molecule has 0 radical (unpaired) electrons. The summed E-state index contributed by atoms with van der Waals surface area (Å²) in [4.78, 5) is 33.7. The first kappa shape index (κ1) is 19.1. The number of hydrogen-bond acceptors (Lipinski definition) is 8. The lowest BCUT2D eigenvalue weighted by Gasteiger charge is -2.15. The van der Waals surface area contributed by atoms with Crippen molar-refractivity contribution in [2.24, 2.45) is 5.10 Å². The van der Waals surface area contributed by atoms with Gasteiger partial charge in [-0.1, -0.05) is 0 Å². The Bertz CT molecular complexity index is 627. The van der Waals surface area contributed by atoms with Gasteiger partial charge in [-0.3, -0.25) is 19.9 Å². The number of nitrogens with zero attached hydrogens (tertiary/aromatic N) is 3. The molecule has 0 unspecified atom stereocenters. The van der Waals surface area contributed by atoms with E-state index in [9.17, 15) is 19.7 Å². The van der Waals surface area contributed by atoms with Crippen LogP contribution in [0.2, 0.25) is 0 Å². The van der Waals surface area contributed by atoms with Crippen LogP contribution in [0.3, 0.4) is 0 Å². The van der Waals surface area contributed by atoms with Gasteiger partial charge in [-0.25, -0.2) is 4.79 Å². The molecule has 24 heavy (non-hydrogen) atoms. The number of nitro benzene ring substituents is 1. The highest BCUT2D eigenvalue weighted by Gasteiger charge is 2.19. The first-order valence-corrected chi connectivity index (χ1v) is 7.27.